The molecule has 0 amide bonds. The van der Waals surface area contributed by atoms with Crippen molar-refractivity contribution in [1.29, 1.82) is 0 Å². The number of benzene rings is 1. The molecule has 0 aliphatic heterocycles. The van der Waals surface area contributed by atoms with Crippen molar-refractivity contribution in [3.05, 3.63) is 54.0 Å². The van der Waals surface area contributed by atoms with Crippen LogP contribution in [0.15, 0.2) is 42.6 Å². The Kier molecular flexibility index (Phi) is 3.17. The molecular formula is C15H18N4. The molecule has 0 spiro atoms. The third kappa shape index (κ3) is 2.08. The van der Waals surface area contributed by atoms with E-state index >= 15 is 0 Å². The summed E-state index contributed by atoms with van der Waals surface area (Å²) in [6, 6.07) is 12.4. The van der Waals surface area contributed by atoms with Crippen molar-refractivity contribution in [3.63, 3.8) is 0 Å². The van der Waals surface area contributed by atoms with Crippen molar-refractivity contribution >= 4 is 5.82 Å². The molecule has 3 N–H and O–H groups in total. The van der Waals surface area contributed by atoms with Crippen molar-refractivity contribution in [1.82, 2.24) is 9.97 Å². The largest absolute Gasteiger partial charge is 0.308 e. The summed E-state index contributed by atoms with van der Waals surface area (Å²) >= 11 is 0. The number of nitrogen functional groups attached to an aromatic ring is 1. The Labute approximate surface area is 113 Å². The van der Waals surface area contributed by atoms with Gasteiger partial charge in [0.1, 0.15) is 11.6 Å². The van der Waals surface area contributed by atoms with Crippen LogP contribution in [0.2, 0.25) is 0 Å². The second-order valence-corrected chi connectivity index (χ2v) is 5.07. The molecule has 0 radical (unpaired) electrons. The van der Waals surface area contributed by atoms with Gasteiger partial charge in [-0.2, -0.15) is 0 Å². The van der Waals surface area contributed by atoms with E-state index in [0.717, 1.165) is 18.7 Å². The maximum absolute atomic E-state index is 5.46. The molecule has 0 atom stereocenters. The van der Waals surface area contributed by atoms with Gasteiger partial charge < -0.3 is 5.43 Å². The molecule has 2 aromatic rings. The van der Waals surface area contributed by atoms with Crippen molar-refractivity contribution in [2.75, 3.05) is 5.43 Å². The molecule has 4 nitrogen and oxygen atoms in total. The average molecular weight is 254 g/mol. The fourth-order valence-electron chi connectivity index (χ4n) is 3.05. The Bertz CT molecular complexity index is 547. The normalized spacial score (nSPS) is 17.3. The lowest BCUT2D eigenvalue weighted by atomic mass is 9.78. The fraction of sp³-hybridized carbons (Fsp3) is 0.333. The minimum Gasteiger partial charge on any atom is -0.308 e. The molecule has 1 saturated carbocycles. The average Bonchev–Trinajstić information content (AvgIpc) is 2.99. The number of rotatable bonds is 3. The van der Waals surface area contributed by atoms with E-state index in [1.807, 2.05) is 6.07 Å². The highest BCUT2D eigenvalue weighted by molar-refractivity contribution is 5.38. The Hall–Kier alpha value is -1.94. The van der Waals surface area contributed by atoms with Crippen LogP contribution in [-0.4, -0.2) is 9.97 Å². The predicted octanol–water partition coefficient (Wildman–Crippen LogP) is 2.62. The summed E-state index contributed by atoms with van der Waals surface area (Å²) in [6.45, 7) is 0. The van der Waals surface area contributed by atoms with Crippen LogP contribution in [0.5, 0.6) is 0 Å². The van der Waals surface area contributed by atoms with Crippen LogP contribution in [0.1, 0.15) is 37.1 Å². The lowest BCUT2D eigenvalue weighted by Gasteiger charge is -2.28. The van der Waals surface area contributed by atoms with Gasteiger partial charge >= 0.3 is 0 Å². The Balaban J connectivity index is 2.10. The number of hydrazine groups is 1. The van der Waals surface area contributed by atoms with Gasteiger partial charge in [0.2, 0.25) is 0 Å². The van der Waals surface area contributed by atoms with E-state index in [4.69, 9.17) is 5.84 Å². The molecule has 0 saturated heterocycles. The highest BCUT2D eigenvalue weighted by atomic mass is 15.3. The van der Waals surface area contributed by atoms with E-state index < -0.39 is 0 Å². The lowest BCUT2D eigenvalue weighted by molar-refractivity contribution is 0.499. The maximum atomic E-state index is 5.46. The zero-order valence-corrected chi connectivity index (χ0v) is 10.8. The highest BCUT2D eigenvalue weighted by Gasteiger charge is 2.39. The van der Waals surface area contributed by atoms with Crippen LogP contribution < -0.4 is 11.3 Å². The van der Waals surface area contributed by atoms with E-state index in [-0.39, 0.29) is 5.41 Å². The molecule has 1 aromatic heterocycles. The first-order valence-corrected chi connectivity index (χ1v) is 6.71. The van der Waals surface area contributed by atoms with E-state index in [0.29, 0.717) is 5.82 Å². The molecule has 98 valence electrons. The molecule has 1 heterocycles. The van der Waals surface area contributed by atoms with E-state index in [1.54, 1.807) is 12.3 Å². The van der Waals surface area contributed by atoms with Gasteiger partial charge in [0.25, 0.3) is 0 Å². The Morgan fingerprint density at radius 2 is 1.79 bits per heavy atom. The quantitative estimate of drug-likeness (QED) is 0.653. The molecule has 1 aliphatic rings. The second-order valence-electron chi connectivity index (χ2n) is 5.07. The van der Waals surface area contributed by atoms with Crippen LogP contribution in [0, 0.1) is 0 Å². The fourth-order valence-corrected chi connectivity index (χ4v) is 3.05. The van der Waals surface area contributed by atoms with Gasteiger partial charge in [0.15, 0.2) is 0 Å². The van der Waals surface area contributed by atoms with Crippen LogP contribution in [0.4, 0.5) is 5.82 Å². The van der Waals surface area contributed by atoms with Crippen LogP contribution in [0.3, 0.4) is 0 Å². The first kappa shape index (κ1) is 12.1. The number of hydrogen-bond donors (Lipinski definition) is 2. The maximum Gasteiger partial charge on any atom is 0.143 e. The van der Waals surface area contributed by atoms with Crippen molar-refractivity contribution < 1.29 is 0 Å². The molecule has 0 bridgehead atoms. The topological polar surface area (TPSA) is 63.8 Å². The highest BCUT2D eigenvalue weighted by Crippen LogP contribution is 2.44. The lowest BCUT2D eigenvalue weighted by Crippen LogP contribution is -2.27. The molecule has 1 fully saturated rings. The molecule has 0 unspecified atom stereocenters. The third-order valence-electron chi connectivity index (χ3n) is 4.01. The third-order valence-corrected chi connectivity index (χ3v) is 4.01. The zero-order chi connectivity index (χ0) is 13.1. The summed E-state index contributed by atoms with van der Waals surface area (Å²) in [5, 5.41) is 0. The summed E-state index contributed by atoms with van der Waals surface area (Å²) in [5.74, 6) is 7.01. The van der Waals surface area contributed by atoms with E-state index in [1.165, 1.54) is 18.4 Å². The van der Waals surface area contributed by atoms with Crippen LogP contribution in [0.25, 0.3) is 0 Å². The number of aromatic nitrogens is 2. The predicted molar refractivity (Wildman–Crippen MR) is 75.5 cm³/mol. The van der Waals surface area contributed by atoms with Gasteiger partial charge in [0, 0.05) is 12.3 Å². The van der Waals surface area contributed by atoms with Gasteiger partial charge in [-0.05, 0) is 18.4 Å². The summed E-state index contributed by atoms with van der Waals surface area (Å²) < 4.78 is 0. The van der Waals surface area contributed by atoms with E-state index in [2.05, 4.69) is 39.7 Å². The monoisotopic (exact) mass is 254 g/mol. The summed E-state index contributed by atoms with van der Waals surface area (Å²) in [5.41, 5.74) is 3.87. The van der Waals surface area contributed by atoms with Crippen LogP contribution >= 0.6 is 0 Å². The zero-order valence-electron chi connectivity index (χ0n) is 10.8. The number of anilines is 1. The number of nitrogens with zero attached hydrogens (tertiary/aromatic N) is 2. The number of hydrogen-bond acceptors (Lipinski definition) is 4. The van der Waals surface area contributed by atoms with Gasteiger partial charge in [0.05, 0.1) is 5.41 Å². The van der Waals surface area contributed by atoms with Crippen molar-refractivity contribution in [2.24, 2.45) is 5.84 Å². The van der Waals surface area contributed by atoms with E-state index in [9.17, 15) is 0 Å². The van der Waals surface area contributed by atoms with Crippen LogP contribution in [-0.2, 0) is 5.41 Å². The smallest absolute Gasteiger partial charge is 0.143 e. The summed E-state index contributed by atoms with van der Waals surface area (Å²) in [4.78, 5) is 9.09. The molecule has 19 heavy (non-hydrogen) atoms. The molecule has 1 aromatic carbocycles. The SMILES string of the molecule is NNc1ccnc(C2(c3ccccc3)CCCC2)n1. The first-order chi connectivity index (χ1) is 9.35. The van der Waals surface area contributed by atoms with Crippen molar-refractivity contribution in [2.45, 2.75) is 31.1 Å². The molecule has 3 rings (SSSR count). The van der Waals surface area contributed by atoms with Gasteiger partial charge in [-0.3, -0.25) is 0 Å². The summed E-state index contributed by atoms with van der Waals surface area (Å²) in [6.07, 6.45) is 6.42. The standard InChI is InChI=1S/C15H18N4/c16-19-13-8-11-17-14(18-13)15(9-4-5-10-15)12-6-2-1-3-7-12/h1-3,6-8,11H,4-5,9-10,16H2,(H,17,18,19). The minimum absolute atomic E-state index is 0.0475. The number of nitrogens with two attached hydrogens (primary N) is 1. The Morgan fingerprint density at radius 3 is 2.47 bits per heavy atom. The molecule has 1 aliphatic carbocycles. The second kappa shape index (κ2) is 4.97. The summed E-state index contributed by atoms with van der Waals surface area (Å²) in [7, 11) is 0. The van der Waals surface area contributed by atoms with Gasteiger partial charge in [-0.1, -0.05) is 43.2 Å². The van der Waals surface area contributed by atoms with Gasteiger partial charge in [-0.25, -0.2) is 15.8 Å². The first-order valence-electron chi connectivity index (χ1n) is 6.71. The minimum atomic E-state index is -0.0475. The van der Waals surface area contributed by atoms with Gasteiger partial charge in [-0.15, -0.1) is 0 Å². The van der Waals surface area contributed by atoms with Crippen molar-refractivity contribution in [3.8, 4) is 0 Å². The number of nitrogens with one attached hydrogen (secondary N) is 1. The molecule has 4 heteroatoms. The molecular weight excluding hydrogens is 236 g/mol. The Morgan fingerprint density at radius 1 is 1.05 bits per heavy atom.